The second-order valence-electron chi connectivity index (χ2n) is 8.96. The molecule has 0 bridgehead atoms. The Balaban J connectivity index is 1.77. The first-order chi connectivity index (χ1) is 17.7. The topological polar surface area (TPSA) is 104 Å². The summed E-state index contributed by atoms with van der Waals surface area (Å²) in [6, 6.07) is 17.1. The standard InChI is InChI=1S/C26H25F4N3O4S/c1-25(2,26(28,29)30)33-38(36,37)21-14-12-20(13-15-21)31-24(35)22(16-17-6-4-3-5-7-17)32-23(34)18-8-10-19(27)11-9-18/h3-15,22,33H,16H2,1-2H3,(H,31,35)(H,32,34)/t22-/m0/s1. The molecule has 7 nitrogen and oxygen atoms in total. The van der Waals surface area contributed by atoms with Gasteiger partial charge >= 0.3 is 6.18 Å². The molecular formula is C26H25F4N3O4S. The minimum Gasteiger partial charge on any atom is -0.340 e. The molecule has 3 aromatic rings. The number of nitrogens with one attached hydrogen (secondary N) is 3. The summed E-state index contributed by atoms with van der Waals surface area (Å²) in [5.41, 5.74) is -1.67. The molecule has 1 atom stereocenters. The first kappa shape index (κ1) is 28.8. The summed E-state index contributed by atoms with van der Waals surface area (Å²) in [7, 11) is -4.52. The van der Waals surface area contributed by atoms with Crippen molar-refractivity contribution >= 4 is 27.5 Å². The molecule has 38 heavy (non-hydrogen) atoms. The maximum absolute atomic E-state index is 13.2. The third kappa shape index (κ3) is 7.39. The van der Waals surface area contributed by atoms with Crippen LogP contribution in [0.25, 0.3) is 0 Å². The van der Waals surface area contributed by atoms with Crippen molar-refractivity contribution in [3.8, 4) is 0 Å². The van der Waals surface area contributed by atoms with Gasteiger partial charge in [-0.3, -0.25) is 9.59 Å². The van der Waals surface area contributed by atoms with E-state index in [0.717, 1.165) is 29.8 Å². The van der Waals surface area contributed by atoms with Crippen molar-refractivity contribution in [2.24, 2.45) is 0 Å². The number of amides is 2. The van der Waals surface area contributed by atoms with Gasteiger partial charge in [0.2, 0.25) is 15.9 Å². The zero-order chi connectivity index (χ0) is 28.1. The van der Waals surface area contributed by atoms with Crippen LogP contribution in [0.4, 0.5) is 23.2 Å². The lowest BCUT2D eigenvalue weighted by Gasteiger charge is -2.28. The second kappa shape index (κ2) is 11.3. The van der Waals surface area contributed by atoms with Gasteiger partial charge in [0.25, 0.3) is 5.91 Å². The van der Waals surface area contributed by atoms with Crippen molar-refractivity contribution in [1.29, 1.82) is 0 Å². The van der Waals surface area contributed by atoms with Gasteiger partial charge in [-0.25, -0.2) is 12.8 Å². The van der Waals surface area contributed by atoms with Crippen LogP contribution in [0, 0.1) is 5.82 Å². The normalized spacial score (nSPS) is 13.0. The molecule has 0 fully saturated rings. The van der Waals surface area contributed by atoms with E-state index in [9.17, 15) is 35.6 Å². The maximum atomic E-state index is 13.2. The SMILES string of the molecule is CC(C)(NS(=O)(=O)c1ccc(NC(=O)[C@H](Cc2ccccc2)NC(=O)c2ccc(F)cc2)cc1)C(F)(F)F. The second-order valence-corrected chi connectivity index (χ2v) is 10.6. The van der Waals surface area contributed by atoms with Gasteiger partial charge in [-0.05, 0) is 67.9 Å². The van der Waals surface area contributed by atoms with Crippen molar-refractivity contribution < 1.29 is 35.6 Å². The number of rotatable bonds is 9. The van der Waals surface area contributed by atoms with Gasteiger partial charge in [0, 0.05) is 17.7 Å². The Morgan fingerprint density at radius 3 is 2.00 bits per heavy atom. The molecule has 0 aliphatic heterocycles. The average Bonchev–Trinajstić information content (AvgIpc) is 2.83. The molecule has 0 saturated carbocycles. The molecule has 0 unspecified atom stereocenters. The van der Waals surface area contributed by atoms with Crippen molar-refractivity contribution in [3.63, 3.8) is 0 Å². The van der Waals surface area contributed by atoms with E-state index in [4.69, 9.17) is 0 Å². The van der Waals surface area contributed by atoms with Crippen LogP contribution >= 0.6 is 0 Å². The van der Waals surface area contributed by atoms with Gasteiger partial charge in [-0.15, -0.1) is 0 Å². The van der Waals surface area contributed by atoms with Gasteiger partial charge in [0.15, 0.2) is 0 Å². The van der Waals surface area contributed by atoms with Crippen LogP contribution in [0.2, 0.25) is 0 Å². The fourth-order valence-corrected chi connectivity index (χ4v) is 4.70. The van der Waals surface area contributed by atoms with E-state index in [-0.39, 0.29) is 17.7 Å². The van der Waals surface area contributed by atoms with Crippen molar-refractivity contribution in [1.82, 2.24) is 10.0 Å². The van der Waals surface area contributed by atoms with Crippen LogP contribution in [-0.4, -0.2) is 38.0 Å². The quantitative estimate of drug-likeness (QED) is 0.343. The zero-order valence-corrected chi connectivity index (χ0v) is 21.2. The smallest absolute Gasteiger partial charge is 0.340 e. The molecular weight excluding hydrogens is 526 g/mol. The average molecular weight is 552 g/mol. The number of carbonyl (C=O) groups is 2. The minimum atomic E-state index is -4.82. The van der Waals surface area contributed by atoms with E-state index in [0.29, 0.717) is 13.8 Å². The molecule has 0 saturated heterocycles. The third-order valence-electron chi connectivity index (χ3n) is 5.54. The predicted octanol–water partition coefficient (Wildman–Crippen LogP) is 4.42. The van der Waals surface area contributed by atoms with Crippen molar-refractivity contribution in [2.45, 2.75) is 42.9 Å². The van der Waals surface area contributed by atoms with Crippen molar-refractivity contribution in [3.05, 3.63) is 95.8 Å². The highest BCUT2D eigenvalue weighted by molar-refractivity contribution is 7.89. The van der Waals surface area contributed by atoms with E-state index in [1.54, 1.807) is 35.1 Å². The molecule has 2 amide bonds. The van der Waals surface area contributed by atoms with E-state index >= 15 is 0 Å². The Kier molecular flexibility index (Phi) is 8.58. The number of benzene rings is 3. The largest absolute Gasteiger partial charge is 0.407 e. The molecule has 3 rings (SSSR count). The lowest BCUT2D eigenvalue weighted by Crippen LogP contribution is -2.54. The van der Waals surface area contributed by atoms with E-state index in [1.165, 1.54) is 24.3 Å². The Labute approximate surface area is 217 Å². The summed E-state index contributed by atoms with van der Waals surface area (Å²) in [6.07, 6.45) is -4.71. The Morgan fingerprint density at radius 1 is 0.868 bits per heavy atom. The summed E-state index contributed by atoms with van der Waals surface area (Å²) < 4.78 is 79.1. The highest BCUT2D eigenvalue weighted by Gasteiger charge is 2.49. The number of alkyl halides is 3. The molecule has 0 aliphatic rings. The van der Waals surface area contributed by atoms with Crippen LogP contribution in [0.3, 0.4) is 0 Å². The lowest BCUT2D eigenvalue weighted by atomic mass is 10.0. The maximum Gasteiger partial charge on any atom is 0.407 e. The van der Waals surface area contributed by atoms with Crippen molar-refractivity contribution in [2.75, 3.05) is 5.32 Å². The predicted molar refractivity (Wildman–Crippen MR) is 133 cm³/mol. The fourth-order valence-electron chi connectivity index (χ4n) is 3.30. The Morgan fingerprint density at radius 2 is 1.45 bits per heavy atom. The van der Waals surface area contributed by atoms with E-state index in [2.05, 4.69) is 10.6 Å². The first-order valence-corrected chi connectivity index (χ1v) is 12.8. The van der Waals surface area contributed by atoms with Gasteiger partial charge in [-0.1, -0.05) is 30.3 Å². The molecule has 0 spiro atoms. The molecule has 202 valence electrons. The number of anilines is 1. The Hall–Kier alpha value is -3.77. The molecule has 0 aliphatic carbocycles. The third-order valence-corrected chi connectivity index (χ3v) is 7.21. The first-order valence-electron chi connectivity index (χ1n) is 11.3. The highest BCUT2D eigenvalue weighted by atomic mass is 32.2. The summed E-state index contributed by atoms with van der Waals surface area (Å²) in [6.45, 7) is 1.40. The molecule has 3 aromatic carbocycles. The van der Waals surface area contributed by atoms with E-state index < -0.39 is 50.3 Å². The van der Waals surface area contributed by atoms with Crippen LogP contribution < -0.4 is 15.4 Å². The monoisotopic (exact) mass is 551 g/mol. The number of carbonyl (C=O) groups excluding carboxylic acids is 2. The summed E-state index contributed by atoms with van der Waals surface area (Å²) in [5, 5.41) is 5.18. The minimum absolute atomic E-state index is 0.114. The van der Waals surface area contributed by atoms with Gasteiger partial charge in [-0.2, -0.15) is 17.9 Å². The molecule has 12 heteroatoms. The molecule has 0 radical (unpaired) electrons. The summed E-state index contributed by atoms with van der Waals surface area (Å²) >= 11 is 0. The molecule has 0 aromatic heterocycles. The van der Waals surface area contributed by atoms with Gasteiger partial charge < -0.3 is 10.6 Å². The lowest BCUT2D eigenvalue weighted by molar-refractivity contribution is -0.180. The van der Waals surface area contributed by atoms with Crippen LogP contribution in [0.5, 0.6) is 0 Å². The van der Waals surface area contributed by atoms with E-state index in [1.807, 2.05) is 0 Å². The van der Waals surface area contributed by atoms with Crippen LogP contribution in [0.1, 0.15) is 29.8 Å². The number of halogens is 4. The van der Waals surface area contributed by atoms with Crippen LogP contribution in [-0.2, 0) is 21.2 Å². The Bertz CT molecular complexity index is 1380. The fraction of sp³-hybridized carbons (Fsp3) is 0.231. The van der Waals surface area contributed by atoms with Gasteiger partial charge in [0.05, 0.1) is 4.90 Å². The number of hydrogen-bond acceptors (Lipinski definition) is 4. The van der Waals surface area contributed by atoms with Gasteiger partial charge in [0.1, 0.15) is 17.4 Å². The molecule has 0 heterocycles. The number of sulfonamides is 1. The molecule has 3 N–H and O–H groups in total. The number of hydrogen-bond donors (Lipinski definition) is 3. The van der Waals surface area contributed by atoms with Crippen LogP contribution in [0.15, 0.2) is 83.8 Å². The zero-order valence-electron chi connectivity index (χ0n) is 20.3. The summed E-state index contributed by atoms with van der Waals surface area (Å²) in [4.78, 5) is 25.3. The summed E-state index contributed by atoms with van der Waals surface area (Å²) in [5.74, 6) is -1.76. The highest BCUT2D eigenvalue weighted by Crippen LogP contribution is 2.31.